The van der Waals surface area contributed by atoms with Crippen LogP contribution >= 0.6 is 0 Å². The van der Waals surface area contributed by atoms with E-state index in [1.807, 2.05) is 30.3 Å². The van der Waals surface area contributed by atoms with E-state index in [1.165, 1.54) is 12.8 Å². The van der Waals surface area contributed by atoms with Gasteiger partial charge < -0.3 is 14.4 Å². The van der Waals surface area contributed by atoms with Gasteiger partial charge in [-0.3, -0.25) is 4.79 Å². The van der Waals surface area contributed by atoms with Crippen LogP contribution in [-0.4, -0.2) is 25.7 Å². The smallest absolute Gasteiger partial charge is 0.227 e. The summed E-state index contributed by atoms with van der Waals surface area (Å²) < 4.78 is 11.7. The molecule has 1 heterocycles. The number of carbonyl (C=O) groups is 1. The molecule has 0 aromatic heterocycles. The van der Waals surface area contributed by atoms with E-state index in [-0.39, 0.29) is 17.9 Å². The predicted octanol–water partition coefficient (Wildman–Crippen LogP) is 5.09. The van der Waals surface area contributed by atoms with Crippen LogP contribution in [0.4, 0.5) is 11.4 Å². The molecular formula is C23H24N2O3. The molecule has 1 saturated carbocycles. The van der Waals surface area contributed by atoms with Crippen molar-refractivity contribution in [3.05, 3.63) is 59.4 Å². The third kappa shape index (κ3) is 3.68. The van der Waals surface area contributed by atoms with Gasteiger partial charge in [0.25, 0.3) is 0 Å². The number of carbonyl (C=O) groups excluding carboxylic acids is 1. The van der Waals surface area contributed by atoms with E-state index in [1.54, 1.807) is 24.1 Å². The Labute approximate surface area is 165 Å². The van der Waals surface area contributed by atoms with Crippen LogP contribution in [0.2, 0.25) is 0 Å². The Balaban J connectivity index is 1.53. The molecule has 1 aliphatic carbocycles. The zero-order valence-electron chi connectivity index (χ0n) is 16.1. The highest BCUT2D eigenvalue weighted by Gasteiger charge is 2.32. The summed E-state index contributed by atoms with van der Waals surface area (Å²) in [5, 5.41) is 0. The molecule has 2 aromatic carbocycles. The molecule has 28 heavy (non-hydrogen) atoms. The molecule has 0 bridgehead atoms. The van der Waals surface area contributed by atoms with Crippen molar-refractivity contribution in [1.82, 2.24) is 0 Å². The van der Waals surface area contributed by atoms with E-state index >= 15 is 0 Å². The predicted molar refractivity (Wildman–Crippen MR) is 108 cm³/mol. The molecule has 0 radical (unpaired) electrons. The van der Waals surface area contributed by atoms with Crippen LogP contribution in [-0.2, 0) is 4.79 Å². The number of amides is 1. The summed E-state index contributed by atoms with van der Waals surface area (Å²) in [5.74, 6) is 1.74. The van der Waals surface area contributed by atoms with Crippen LogP contribution in [0.1, 0.15) is 43.6 Å². The number of ether oxygens (including phenoxy) is 2. The van der Waals surface area contributed by atoms with E-state index in [2.05, 4.69) is 4.85 Å². The van der Waals surface area contributed by atoms with Crippen LogP contribution < -0.4 is 14.4 Å². The van der Waals surface area contributed by atoms with E-state index in [0.717, 1.165) is 35.6 Å². The second-order valence-corrected chi connectivity index (χ2v) is 7.47. The lowest BCUT2D eigenvalue weighted by Gasteiger charge is -2.19. The van der Waals surface area contributed by atoms with Crippen molar-refractivity contribution >= 4 is 17.3 Å². The minimum Gasteiger partial charge on any atom is -0.493 e. The van der Waals surface area contributed by atoms with E-state index in [4.69, 9.17) is 16.0 Å². The summed E-state index contributed by atoms with van der Waals surface area (Å²) in [6.07, 6.45) is 5.33. The molecule has 1 saturated heterocycles. The van der Waals surface area contributed by atoms with Gasteiger partial charge >= 0.3 is 0 Å². The summed E-state index contributed by atoms with van der Waals surface area (Å²) in [4.78, 5) is 17.8. The van der Waals surface area contributed by atoms with Crippen molar-refractivity contribution in [1.29, 1.82) is 0 Å². The highest BCUT2D eigenvalue weighted by Crippen LogP contribution is 2.38. The number of anilines is 1. The van der Waals surface area contributed by atoms with Gasteiger partial charge in [-0.25, -0.2) is 4.85 Å². The van der Waals surface area contributed by atoms with Crippen LogP contribution in [0.15, 0.2) is 42.5 Å². The second kappa shape index (κ2) is 7.93. The number of methoxy groups -OCH3 is 1. The SMILES string of the molecule is [C-]#[N+]c1ccc(N2C[C@H](c3ccc(OC)c(OC4CCCC4)c3)CC2=O)cc1. The summed E-state index contributed by atoms with van der Waals surface area (Å²) in [7, 11) is 1.66. The molecule has 0 spiro atoms. The van der Waals surface area contributed by atoms with Gasteiger partial charge in [-0.15, -0.1) is 0 Å². The molecule has 2 aromatic rings. The quantitative estimate of drug-likeness (QED) is 0.683. The maximum atomic E-state index is 12.6. The van der Waals surface area contributed by atoms with Gasteiger partial charge in [0.1, 0.15) is 0 Å². The van der Waals surface area contributed by atoms with Crippen molar-refractivity contribution in [3.8, 4) is 11.5 Å². The molecule has 0 N–H and O–H groups in total. The van der Waals surface area contributed by atoms with Crippen molar-refractivity contribution < 1.29 is 14.3 Å². The summed E-state index contributed by atoms with van der Waals surface area (Å²) in [5.41, 5.74) is 2.52. The molecule has 144 valence electrons. The Bertz CT molecular complexity index is 895. The normalized spacial score (nSPS) is 19.6. The van der Waals surface area contributed by atoms with Gasteiger partial charge in [0.15, 0.2) is 17.2 Å². The van der Waals surface area contributed by atoms with Gasteiger partial charge in [0, 0.05) is 24.6 Å². The zero-order valence-corrected chi connectivity index (χ0v) is 16.1. The molecule has 1 atom stereocenters. The fraction of sp³-hybridized carbons (Fsp3) is 0.391. The average molecular weight is 376 g/mol. The number of hydrogen-bond donors (Lipinski definition) is 0. The molecular weight excluding hydrogens is 352 g/mol. The molecule has 4 rings (SSSR count). The van der Waals surface area contributed by atoms with Gasteiger partial charge in [-0.2, -0.15) is 0 Å². The molecule has 5 nitrogen and oxygen atoms in total. The Morgan fingerprint density at radius 1 is 1.07 bits per heavy atom. The lowest BCUT2D eigenvalue weighted by Crippen LogP contribution is -2.24. The lowest BCUT2D eigenvalue weighted by molar-refractivity contribution is -0.117. The van der Waals surface area contributed by atoms with Gasteiger partial charge in [-0.1, -0.05) is 18.2 Å². The van der Waals surface area contributed by atoms with E-state index in [0.29, 0.717) is 18.7 Å². The van der Waals surface area contributed by atoms with Crippen molar-refractivity contribution in [2.75, 3.05) is 18.6 Å². The zero-order chi connectivity index (χ0) is 19.5. The van der Waals surface area contributed by atoms with Crippen molar-refractivity contribution in [2.24, 2.45) is 0 Å². The first-order chi connectivity index (χ1) is 13.7. The fourth-order valence-electron chi connectivity index (χ4n) is 4.11. The number of nitrogens with zero attached hydrogens (tertiary/aromatic N) is 2. The monoisotopic (exact) mass is 376 g/mol. The topological polar surface area (TPSA) is 43.1 Å². The first kappa shape index (κ1) is 18.4. The number of rotatable bonds is 5. The summed E-state index contributed by atoms with van der Waals surface area (Å²) >= 11 is 0. The number of hydrogen-bond acceptors (Lipinski definition) is 3. The largest absolute Gasteiger partial charge is 0.493 e. The fourth-order valence-corrected chi connectivity index (χ4v) is 4.11. The Morgan fingerprint density at radius 2 is 1.82 bits per heavy atom. The van der Waals surface area contributed by atoms with Crippen molar-refractivity contribution in [2.45, 2.75) is 44.1 Å². The lowest BCUT2D eigenvalue weighted by atomic mass is 9.98. The number of benzene rings is 2. The Kier molecular flexibility index (Phi) is 5.21. The van der Waals surface area contributed by atoms with Gasteiger partial charge in [-0.05, 0) is 55.5 Å². The summed E-state index contributed by atoms with van der Waals surface area (Å²) in [6, 6.07) is 13.2. The summed E-state index contributed by atoms with van der Waals surface area (Å²) in [6.45, 7) is 7.69. The molecule has 2 aliphatic rings. The second-order valence-electron chi connectivity index (χ2n) is 7.47. The Morgan fingerprint density at radius 3 is 2.50 bits per heavy atom. The van der Waals surface area contributed by atoms with Gasteiger partial charge in [0.2, 0.25) is 5.91 Å². The van der Waals surface area contributed by atoms with Crippen molar-refractivity contribution in [3.63, 3.8) is 0 Å². The molecule has 1 amide bonds. The molecule has 1 aliphatic heterocycles. The van der Waals surface area contributed by atoms with Crippen LogP contribution in [0.25, 0.3) is 4.85 Å². The minimum absolute atomic E-state index is 0.106. The molecule has 0 unspecified atom stereocenters. The maximum absolute atomic E-state index is 12.6. The highest BCUT2D eigenvalue weighted by atomic mass is 16.5. The maximum Gasteiger partial charge on any atom is 0.227 e. The van der Waals surface area contributed by atoms with Crippen LogP contribution in [0, 0.1) is 6.57 Å². The van der Waals surface area contributed by atoms with Gasteiger partial charge in [0.05, 0.1) is 19.8 Å². The standard InChI is InChI=1S/C23H24N2O3/c1-24-18-8-10-19(11-9-18)25-15-17(14-23(25)26)16-7-12-21(27-2)22(13-16)28-20-5-3-4-6-20/h7-13,17,20H,3-6,14-15H2,2H3/t17-/m1/s1. The van der Waals surface area contributed by atoms with E-state index < -0.39 is 0 Å². The third-order valence-electron chi connectivity index (χ3n) is 5.67. The highest BCUT2D eigenvalue weighted by molar-refractivity contribution is 5.96. The first-order valence-corrected chi connectivity index (χ1v) is 9.80. The average Bonchev–Trinajstić information content (AvgIpc) is 3.37. The van der Waals surface area contributed by atoms with Crippen LogP contribution in [0.3, 0.4) is 0 Å². The molecule has 2 fully saturated rings. The van der Waals surface area contributed by atoms with Crippen LogP contribution in [0.5, 0.6) is 11.5 Å². The molecule has 5 heteroatoms. The first-order valence-electron chi connectivity index (χ1n) is 9.80. The Hall–Kier alpha value is -3.00. The minimum atomic E-state index is 0.106. The van der Waals surface area contributed by atoms with E-state index in [9.17, 15) is 4.79 Å². The third-order valence-corrected chi connectivity index (χ3v) is 5.67.